The highest BCUT2D eigenvalue weighted by molar-refractivity contribution is 9.10. The van der Waals surface area contributed by atoms with Crippen LogP contribution in [0.5, 0.6) is 0 Å². The van der Waals surface area contributed by atoms with Gasteiger partial charge in [-0.1, -0.05) is 0 Å². The molecule has 10 heteroatoms. The molecule has 2 aliphatic heterocycles. The van der Waals surface area contributed by atoms with Crippen LogP contribution in [0.4, 0.5) is 16.2 Å². The number of aromatic nitrogens is 1. The summed E-state index contributed by atoms with van der Waals surface area (Å²) in [6, 6.07) is -0.107. The second kappa shape index (κ2) is 7.59. The number of anilines is 1. The van der Waals surface area contributed by atoms with E-state index >= 15 is 0 Å². The van der Waals surface area contributed by atoms with E-state index in [0.717, 1.165) is 0 Å². The lowest BCUT2D eigenvalue weighted by atomic mass is 9.98. The first-order valence-corrected chi connectivity index (χ1v) is 9.61. The van der Waals surface area contributed by atoms with Crippen molar-refractivity contribution in [3.05, 3.63) is 27.0 Å². The Morgan fingerprint density at radius 3 is 2.81 bits per heavy atom. The third-order valence-electron chi connectivity index (χ3n) is 4.58. The topological polar surface area (TPSA) is 98.0 Å². The minimum absolute atomic E-state index is 0.0531. The maximum atomic E-state index is 12.5. The van der Waals surface area contributed by atoms with Gasteiger partial charge in [0.15, 0.2) is 0 Å². The van der Waals surface area contributed by atoms with Gasteiger partial charge in [-0.05, 0) is 43.1 Å². The molecule has 3 rings (SSSR count). The molecule has 0 N–H and O–H groups in total. The fourth-order valence-corrected chi connectivity index (χ4v) is 4.08. The van der Waals surface area contributed by atoms with Crippen molar-refractivity contribution < 1.29 is 19.2 Å². The number of halogens is 1. The van der Waals surface area contributed by atoms with Crippen molar-refractivity contribution in [1.29, 1.82) is 0 Å². The van der Waals surface area contributed by atoms with Gasteiger partial charge in [-0.15, -0.1) is 0 Å². The molecule has 0 spiro atoms. The summed E-state index contributed by atoms with van der Waals surface area (Å²) < 4.78 is 12.0. The highest BCUT2D eigenvalue weighted by atomic mass is 79.9. The van der Waals surface area contributed by atoms with Crippen LogP contribution in [0.25, 0.3) is 0 Å². The number of fused-ring (bicyclic) bond motifs is 1. The van der Waals surface area contributed by atoms with Crippen LogP contribution in [-0.2, 0) is 9.47 Å². The number of ether oxygens (including phenoxy) is 2. The lowest BCUT2D eigenvalue weighted by Crippen LogP contribution is -2.61. The molecule has 0 bridgehead atoms. The van der Waals surface area contributed by atoms with Gasteiger partial charge in [-0.3, -0.25) is 15.1 Å². The first-order valence-electron chi connectivity index (χ1n) is 8.81. The van der Waals surface area contributed by atoms with Crippen LogP contribution in [0.3, 0.4) is 0 Å². The van der Waals surface area contributed by atoms with E-state index in [1.54, 1.807) is 11.1 Å². The van der Waals surface area contributed by atoms with Gasteiger partial charge in [0.25, 0.3) is 0 Å². The van der Waals surface area contributed by atoms with Gasteiger partial charge < -0.3 is 19.3 Å². The molecule has 1 amide bonds. The molecule has 148 valence electrons. The molecule has 1 aromatic heterocycles. The summed E-state index contributed by atoms with van der Waals surface area (Å²) in [5, 5.41) is 11.4. The zero-order valence-electron chi connectivity index (χ0n) is 15.6. The van der Waals surface area contributed by atoms with E-state index in [0.29, 0.717) is 42.8 Å². The zero-order chi connectivity index (χ0) is 19.8. The van der Waals surface area contributed by atoms with Crippen molar-refractivity contribution >= 4 is 33.4 Å². The molecular weight excluding hydrogens is 420 g/mol. The number of carbonyl (C=O) groups is 1. The molecule has 2 fully saturated rings. The molecule has 27 heavy (non-hydrogen) atoms. The summed E-state index contributed by atoms with van der Waals surface area (Å²) in [6.45, 7) is 7.42. The lowest BCUT2D eigenvalue weighted by molar-refractivity contribution is -0.384. The molecule has 2 aliphatic rings. The number of nitrogens with zero attached hydrogens (tertiary/aromatic N) is 4. The zero-order valence-corrected chi connectivity index (χ0v) is 17.1. The Kier molecular flexibility index (Phi) is 5.57. The molecule has 2 saturated heterocycles. The summed E-state index contributed by atoms with van der Waals surface area (Å²) >= 11 is 3.37. The van der Waals surface area contributed by atoms with E-state index in [1.807, 2.05) is 25.7 Å². The van der Waals surface area contributed by atoms with Crippen molar-refractivity contribution in [3.63, 3.8) is 0 Å². The predicted octanol–water partition coefficient (Wildman–Crippen LogP) is 2.97. The minimum atomic E-state index is -0.561. The van der Waals surface area contributed by atoms with Crippen molar-refractivity contribution in [3.8, 4) is 0 Å². The largest absolute Gasteiger partial charge is 0.444 e. The van der Waals surface area contributed by atoms with E-state index in [9.17, 15) is 14.9 Å². The van der Waals surface area contributed by atoms with E-state index in [-0.39, 0.29) is 23.9 Å². The van der Waals surface area contributed by atoms with Crippen molar-refractivity contribution in [1.82, 2.24) is 9.88 Å². The number of carbonyl (C=O) groups excluding carboxylic acids is 1. The smallest absolute Gasteiger partial charge is 0.410 e. The number of rotatable bonds is 2. The van der Waals surface area contributed by atoms with Gasteiger partial charge in [-0.25, -0.2) is 4.79 Å². The predicted molar refractivity (Wildman–Crippen MR) is 102 cm³/mol. The van der Waals surface area contributed by atoms with Gasteiger partial charge in [-0.2, -0.15) is 0 Å². The number of hydrogen-bond donors (Lipinski definition) is 0. The van der Waals surface area contributed by atoms with Crippen LogP contribution >= 0.6 is 15.9 Å². The number of morpholine rings is 1. The summed E-state index contributed by atoms with van der Waals surface area (Å²) in [6.07, 6.45) is 2.85. The highest BCUT2D eigenvalue weighted by Gasteiger charge is 2.42. The molecule has 2 unspecified atom stereocenters. The number of hydrogen-bond acceptors (Lipinski definition) is 7. The van der Waals surface area contributed by atoms with Crippen LogP contribution in [0.1, 0.15) is 27.2 Å². The standard InChI is InChI=1S/C17H23BrN4O5/c1-17(2,3)27-16(23)21-6-7-26-14-10-20(5-4-12(14)21)15-11(18)8-19-9-13(15)22(24)25/h8-9,12,14H,4-7,10H2,1-3H3. The van der Waals surface area contributed by atoms with E-state index < -0.39 is 10.5 Å². The summed E-state index contributed by atoms with van der Waals surface area (Å²) in [5.41, 5.74) is -0.122. The Labute approximate surface area is 165 Å². The average Bonchev–Trinajstić information content (AvgIpc) is 2.59. The van der Waals surface area contributed by atoms with E-state index in [4.69, 9.17) is 9.47 Å². The Balaban J connectivity index is 1.78. The van der Waals surface area contributed by atoms with Crippen LogP contribution in [-0.4, -0.2) is 64.9 Å². The number of nitro groups is 1. The van der Waals surface area contributed by atoms with Gasteiger partial charge >= 0.3 is 11.8 Å². The van der Waals surface area contributed by atoms with E-state index in [2.05, 4.69) is 20.9 Å². The van der Waals surface area contributed by atoms with Crippen LogP contribution in [0, 0.1) is 10.1 Å². The fraction of sp³-hybridized carbons (Fsp3) is 0.647. The number of piperidine rings is 1. The Bertz CT molecular complexity index is 739. The highest BCUT2D eigenvalue weighted by Crippen LogP contribution is 2.37. The normalized spacial score (nSPS) is 23.0. The molecule has 0 saturated carbocycles. The first-order chi connectivity index (χ1) is 12.7. The minimum Gasteiger partial charge on any atom is -0.444 e. The number of amides is 1. The fourth-order valence-electron chi connectivity index (χ4n) is 3.51. The lowest BCUT2D eigenvalue weighted by Gasteiger charge is -2.47. The second-order valence-electron chi connectivity index (χ2n) is 7.63. The van der Waals surface area contributed by atoms with Gasteiger partial charge in [0.1, 0.15) is 17.5 Å². The van der Waals surface area contributed by atoms with Crippen LogP contribution in [0.2, 0.25) is 0 Å². The number of pyridine rings is 1. The SMILES string of the molecule is CC(C)(C)OC(=O)N1CCOC2CN(c3c(Br)cncc3[N+](=O)[O-])CCC21. The second-order valence-corrected chi connectivity index (χ2v) is 8.49. The molecule has 0 aromatic carbocycles. The molecule has 0 aliphatic carbocycles. The molecular formula is C17H23BrN4O5. The molecule has 0 radical (unpaired) electrons. The third-order valence-corrected chi connectivity index (χ3v) is 5.16. The Morgan fingerprint density at radius 2 is 2.15 bits per heavy atom. The summed E-state index contributed by atoms with van der Waals surface area (Å²) in [4.78, 5) is 31.0. The van der Waals surface area contributed by atoms with Crippen LogP contribution < -0.4 is 4.90 Å². The summed E-state index contributed by atoms with van der Waals surface area (Å²) in [5.74, 6) is 0. The van der Waals surface area contributed by atoms with E-state index in [1.165, 1.54) is 6.20 Å². The van der Waals surface area contributed by atoms with Crippen LogP contribution in [0.15, 0.2) is 16.9 Å². The molecule has 3 heterocycles. The monoisotopic (exact) mass is 442 g/mol. The van der Waals surface area contributed by atoms with Crippen molar-refractivity contribution in [2.24, 2.45) is 0 Å². The van der Waals surface area contributed by atoms with Crippen molar-refractivity contribution in [2.45, 2.75) is 44.9 Å². The Morgan fingerprint density at radius 1 is 1.41 bits per heavy atom. The average molecular weight is 443 g/mol. The van der Waals surface area contributed by atoms with Gasteiger partial charge in [0.05, 0.1) is 28.1 Å². The quantitative estimate of drug-likeness (QED) is 0.512. The van der Waals surface area contributed by atoms with Crippen molar-refractivity contribution in [2.75, 3.05) is 31.1 Å². The molecule has 1 aromatic rings. The van der Waals surface area contributed by atoms with Gasteiger partial charge in [0, 0.05) is 25.8 Å². The first kappa shape index (κ1) is 19.8. The van der Waals surface area contributed by atoms with Gasteiger partial charge in [0.2, 0.25) is 0 Å². The summed E-state index contributed by atoms with van der Waals surface area (Å²) in [7, 11) is 0. The Hall–Kier alpha value is -1.94. The third kappa shape index (κ3) is 4.32. The maximum Gasteiger partial charge on any atom is 0.410 e. The molecule has 9 nitrogen and oxygen atoms in total. The maximum absolute atomic E-state index is 12.5. The molecule has 2 atom stereocenters.